The summed E-state index contributed by atoms with van der Waals surface area (Å²) in [5.74, 6) is 0. The minimum atomic E-state index is 0.124. The van der Waals surface area contributed by atoms with Crippen molar-refractivity contribution in [3.8, 4) is 0 Å². The van der Waals surface area contributed by atoms with Gasteiger partial charge in [0.2, 0.25) is 0 Å². The zero-order valence-electron chi connectivity index (χ0n) is 7.15. The molecule has 0 fully saturated rings. The Bertz CT molecular complexity index is 341. The van der Waals surface area contributed by atoms with Gasteiger partial charge in [-0.2, -0.15) is 0 Å². The summed E-state index contributed by atoms with van der Waals surface area (Å²) in [7, 11) is 0. The van der Waals surface area contributed by atoms with E-state index in [1.165, 1.54) is 11.3 Å². The molecule has 1 aromatic rings. The average Bonchev–Trinajstić information content (AvgIpc) is 2.55. The van der Waals surface area contributed by atoms with E-state index in [1.807, 2.05) is 6.07 Å². The number of hydrogen-bond donors (Lipinski definition) is 0. The summed E-state index contributed by atoms with van der Waals surface area (Å²) in [5.41, 5.74) is 2.53. The van der Waals surface area contributed by atoms with Crippen molar-refractivity contribution < 1.29 is 21.5 Å². The molecule has 72 valence electrons. The average molecular weight is 329 g/mol. The van der Waals surface area contributed by atoms with E-state index in [0.717, 1.165) is 18.0 Å². The number of halogens is 3. The molecule has 1 nitrogen and oxygen atoms in total. The summed E-state index contributed by atoms with van der Waals surface area (Å²) < 4.78 is 2.43. The van der Waals surface area contributed by atoms with Crippen LogP contribution in [0.15, 0.2) is 12.1 Å². The normalized spacial score (nSPS) is 15.2. The summed E-state index contributed by atoms with van der Waals surface area (Å²) in [4.78, 5) is 2.26. The molecular formula is C9H9Cl2IN-. The van der Waals surface area contributed by atoms with Crippen LogP contribution in [0.2, 0.25) is 10.0 Å². The number of nitrogens with zero attached hydrogens (tertiary/aromatic N) is 1. The summed E-state index contributed by atoms with van der Waals surface area (Å²) in [6, 6.07) is 3.97. The van der Waals surface area contributed by atoms with Crippen LogP contribution in [0.5, 0.6) is 0 Å². The van der Waals surface area contributed by atoms with Crippen molar-refractivity contribution in [2.24, 2.45) is 0 Å². The molecule has 0 aliphatic carbocycles. The van der Waals surface area contributed by atoms with Crippen LogP contribution in [0.4, 0.5) is 5.69 Å². The van der Waals surface area contributed by atoms with Crippen LogP contribution >= 0.6 is 23.2 Å². The quantitative estimate of drug-likeness (QED) is 0.398. The summed E-state index contributed by atoms with van der Waals surface area (Å²) in [5, 5.41) is 1.43. The van der Waals surface area contributed by atoms with Crippen LogP contribution in [-0.4, -0.2) is 11.5 Å². The zero-order chi connectivity index (χ0) is 9.42. The number of alkyl halides is 1. The Morgan fingerprint density at radius 2 is 2.15 bits per heavy atom. The Balaban J connectivity index is 2.50. The molecule has 13 heavy (non-hydrogen) atoms. The Morgan fingerprint density at radius 1 is 1.38 bits per heavy atom. The first-order valence-corrected chi connectivity index (χ1v) is 7.86. The van der Waals surface area contributed by atoms with Crippen LogP contribution < -0.4 is 24.6 Å². The standard InChI is InChI=1S/C9H9Cl2IN/c1-12-13-5-4-6-8(13)3-2-7(10)9(6)11/h2-3H,4-5H2,1H3/q-1. The molecule has 0 bridgehead atoms. The van der Waals surface area contributed by atoms with Crippen LogP contribution in [0.1, 0.15) is 5.56 Å². The first-order valence-electron chi connectivity index (χ1n) is 3.98. The molecule has 1 aliphatic heterocycles. The third-order valence-electron chi connectivity index (χ3n) is 2.19. The molecule has 1 heterocycles. The van der Waals surface area contributed by atoms with Gasteiger partial charge in [0.15, 0.2) is 0 Å². The fourth-order valence-electron chi connectivity index (χ4n) is 1.55. The van der Waals surface area contributed by atoms with Gasteiger partial charge in [-0.15, -0.1) is 0 Å². The van der Waals surface area contributed by atoms with Gasteiger partial charge in [-0.25, -0.2) is 0 Å². The van der Waals surface area contributed by atoms with Gasteiger partial charge in [0, 0.05) is 0 Å². The van der Waals surface area contributed by atoms with Crippen molar-refractivity contribution in [1.82, 2.24) is 0 Å². The van der Waals surface area contributed by atoms with Crippen LogP contribution in [0, 0.1) is 0 Å². The van der Waals surface area contributed by atoms with E-state index >= 15 is 0 Å². The number of rotatable bonds is 1. The fourth-order valence-corrected chi connectivity index (χ4v) is 3.68. The van der Waals surface area contributed by atoms with Crippen molar-refractivity contribution >= 4 is 28.9 Å². The molecule has 0 spiro atoms. The van der Waals surface area contributed by atoms with Gasteiger partial charge >= 0.3 is 99.1 Å². The molecule has 1 aliphatic rings. The molecule has 1 aromatic carbocycles. The molecule has 0 aromatic heterocycles. The molecule has 0 radical (unpaired) electrons. The van der Waals surface area contributed by atoms with E-state index in [9.17, 15) is 0 Å². The Morgan fingerprint density at radius 3 is 2.85 bits per heavy atom. The second-order valence-electron chi connectivity index (χ2n) is 2.86. The van der Waals surface area contributed by atoms with Crippen molar-refractivity contribution in [2.45, 2.75) is 6.42 Å². The van der Waals surface area contributed by atoms with E-state index in [4.69, 9.17) is 23.2 Å². The molecule has 4 heteroatoms. The maximum atomic E-state index is 6.11. The fraction of sp³-hybridized carbons (Fsp3) is 0.333. The van der Waals surface area contributed by atoms with Crippen LogP contribution in [-0.2, 0) is 6.42 Å². The second-order valence-corrected chi connectivity index (χ2v) is 5.78. The van der Waals surface area contributed by atoms with Crippen molar-refractivity contribution in [3.05, 3.63) is 27.7 Å². The van der Waals surface area contributed by atoms with Crippen molar-refractivity contribution in [3.63, 3.8) is 0 Å². The Labute approximate surface area is 98.6 Å². The zero-order valence-corrected chi connectivity index (χ0v) is 10.8. The van der Waals surface area contributed by atoms with Gasteiger partial charge in [0.05, 0.1) is 0 Å². The third kappa shape index (κ3) is 1.64. The van der Waals surface area contributed by atoms with Gasteiger partial charge in [0.1, 0.15) is 0 Å². The number of hydrogen-bond acceptors (Lipinski definition) is 1. The van der Waals surface area contributed by atoms with Gasteiger partial charge in [-0.05, 0) is 0 Å². The maximum absolute atomic E-state index is 6.11. The SMILES string of the molecule is C[I-]N1CCc2c1ccc(Cl)c2Cl. The number of fused-ring (bicyclic) bond motifs is 1. The first kappa shape index (κ1) is 9.87. The molecule has 2 rings (SSSR count). The first-order chi connectivity index (χ1) is 6.24. The third-order valence-corrected chi connectivity index (χ3v) is 5.21. The predicted octanol–water partition coefficient (Wildman–Crippen LogP) is -0.0103. The van der Waals surface area contributed by atoms with E-state index in [2.05, 4.69) is 14.1 Å². The van der Waals surface area contributed by atoms with E-state index in [0.29, 0.717) is 5.02 Å². The second kappa shape index (κ2) is 3.83. The summed E-state index contributed by atoms with van der Waals surface area (Å²) >= 11 is 12.2. The van der Waals surface area contributed by atoms with Crippen molar-refractivity contribution in [2.75, 3.05) is 14.6 Å². The summed E-state index contributed by atoms with van der Waals surface area (Å²) in [6.07, 6.45) is 1.04. The molecule has 0 saturated carbocycles. The van der Waals surface area contributed by atoms with Gasteiger partial charge in [-0.1, -0.05) is 0 Å². The number of benzene rings is 1. The molecule has 0 unspecified atom stereocenters. The van der Waals surface area contributed by atoms with Crippen LogP contribution in [0.25, 0.3) is 0 Å². The van der Waals surface area contributed by atoms with Gasteiger partial charge < -0.3 is 0 Å². The summed E-state index contributed by atoms with van der Waals surface area (Å²) in [6.45, 7) is 1.11. The number of anilines is 1. The van der Waals surface area contributed by atoms with Crippen molar-refractivity contribution in [1.29, 1.82) is 0 Å². The van der Waals surface area contributed by atoms with Gasteiger partial charge in [-0.3, -0.25) is 0 Å². The monoisotopic (exact) mass is 328 g/mol. The molecule has 0 N–H and O–H groups in total. The van der Waals surface area contributed by atoms with E-state index in [1.54, 1.807) is 0 Å². The molecule has 0 saturated heterocycles. The van der Waals surface area contributed by atoms with E-state index in [-0.39, 0.29) is 21.5 Å². The topological polar surface area (TPSA) is 3.24 Å². The molecular weight excluding hydrogens is 320 g/mol. The molecule has 0 amide bonds. The Hall–Kier alpha value is 0.330. The predicted molar refractivity (Wildman–Crippen MR) is 53.4 cm³/mol. The van der Waals surface area contributed by atoms with Gasteiger partial charge in [0.25, 0.3) is 0 Å². The van der Waals surface area contributed by atoms with E-state index < -0.39 is 0 Å². The van der Waals surface area contributed by atoms with Crippen LogP contribution in [0.3, 0.4) is 0 Å². The minimum absolute atomic E-state index is 0.124. The Kier molecular flexibility index (Phi) is 2.91. The molecule has 0 atom stereocenters.